The highest BCUT2D eigenvalue weighted by molar-refractivity contribution is 5.94. The molecule has 23 heavy (non-hydrogen) atoms. The van der Waals surface area contributed by atoms with Crippen molar-refractivity contribution >= 4 is 5.91 Å². The summed E-state index contributed by atoms with van der Waals surface area (Å²) in [5, 5.41) is 7.01. The summed E-state index contributed by atoms with van der Waals surface area (Å²) in [4.78, 5) is 20.3. The van der Waals surface area contributed by atoms with Gasteiger partial charge in [0.15, 0.2) is 0 Å². The minimum atomic E-state index is -0.0925. The number of amides is 1. The molecule has 2 heterocycles. The van der Waals surface area contributed by atoms with Crippen LogP contribution in [0.3, 0.4) is 0 Å². The molecule has 3 rings (SSSR count). The Labute approximate surface area is 134 Å². The molecule has 0 aliphatic rings. The molecule has 1 N–H and O–H groups in total. The van der Waals surface area contributed by atoms with Gasteiger partial charge in [-0.2, -0.15) is 5.10 Å². The zero-order valence-corrected chi connectivity index (χ0v) is 12.8. The lowest BCUT2D eigenvalue weighted by atomic mass is 10.1. The standard InChI is InChI=1S/C16H18N6O/c1-13(8-22-12-18-10-19-22)20-16(23)15-4-2-3-14(7-15)9-21-6-5-17-11-21/h2-7,10-13H,8-9H2,1H3,(H,20,23). The predicted octanol–water partition coefficient (Wildman–Crippen LogP) is 1.34. The number of carbonyl (C=O) groups excluding carboxylic acids is 1. The maximum atomic E-state index is 12.4. The summed E-state index contributed by atoms with van der Waals surface area (Å²) in [5.74, 6) is -0.0925. The number of hydrogen-bond donors (Lipinski definition) is 1. The van der Waals surface area contributed by atoms with Gasteiger partial charge in [0.05, 0.1) is 12.9 Å². The number of rotatable bonds is 6. The summed E-state index contributed by atoms with van der Waals surface area (Å²) in [6.07, 6.45) is 8.50. The summed E-state index contributed by atoms with van der Waals surface area (Å²) in [6, 6.07) is 7.56. The first-order valence-electron chi connectivity index (χ1n) is 7.38. The van der Waals surface area contributed by atoms with Crippen molar-refractivity contribution in [3.8, 4) is 0 Å². The van der Waals surface area contributed by atoms with Crippen molar-refractivity contribution < 1.29 is 4.79 Å². The van der Waals surface area contributed by atoms with Gasteiger partial charge in [-0.25, -0.2) is 9.97 Å². The smallest absolute Gasteiger partial charge is 0.251 e. The zero-order chi connectivity index (χ0) is 16.1. The first-order chi connectivity index (χ1) is 11.2. The van der Waals surface area contributed by atoms with Crippen LogP contribution in [-0.2, 0) is 13.1 Å². The Morgan fingerprint density at radius 1 is 1.30 bits per heavy atom. The number of hydrogen-bond acceptors (Lipinski definition) is 4. The average Bonchev–Trinajstić information content (AvgIpc) is 3.21. The fraction of sp³-hybridized carbons (Fsp3) is 0.250. The van der Waals surface area contributed by atoms with Gasteiger partial charge in [-0.3, -0.25) is 9.48 Å². The van der Waals surface area contributed by atoms with Crippen LogP contribution in [0.4, 0.5) is 0 Å². The molecule has 1 unspecified atom stereocenters. The molecule has 118 valence electrons. The quantitative estimate of drug-likeness (QED) is 0.745. The average molecular weight is 310 g/mol. The van der Waals surface area contributed by atoms with Crippen molar-refractivity contribution in [1.82, 2.24) is 29.6 Å². The van der Waals surface area contributed by atoms with Crippen molar-refractivity contribution in [2.24, 2.45) is 0 Å². The monoisotopic (exact) mass is 310 g/mol. The Morgan fingerprint density at radius 3 is 2.96 bits per heavy atom. The SMILES string of the molecule is CC(Cn1cncn1)NC(=O)c1cccc(Cn2ccnc2)c1. The Hall–Kier alpha value is -2.96. The highest BCUT2D eigenvalue weighted by Crippen LogP contribution is 2.08. The number of aromatic nitrogens is 5. The van der Waals surface area contributed by atoms with Crippen molar-refractivity contribution in [3.63, 3.8) is 0 Å². The third-order valence-electron chi connectivity index (χ3n) is 3.42. The molecule has 0 aliphatic carbocycles. The third-order valence-corrected chi connectivity index (χ3v) is 3.42. The van der Waals surface area contributed by atoms with Gasteiger partial charge in [-0.05, 0) is 24.6 Å². The maximum absolute atomic E-state index is 12.4. The van der Waals surface area contributed by atoms with E-state index in [-0.39, 0.29) is 11.9 Å². The molecule has 0 bridgehead atoms. The molecule has 0 saturated carbocycles. The van der Waals surface area contributed by atoms with Crippen LogP contribution in [0.5, 0.6) is 0 Å². The summed E-state index contributed by atoms with van der Waals surface area (Å²) >= 11 is 0. The lowest BCUT2D eigenvalue weighted by Crippen LogP contribution is -2.35. The summed E-state index contributed by atoms with van der Waals surface area (Å²) in [7, 11) is 0. The van der Waals surface area contributed by atoms with Gasteiger partial charge in [0.1, 0.15) is 12.7 Å². The number of nitrogens with one attached hydrogen (secondary N) is 1. The van der Waals surface area contributed by atoms with Gasteiger partial charge in [0.25, 0.3) is 5.91 Å². The van der Waals surface area contributed by atoms with Gasteiger partial charge in [-0.1, -0.05) is 12.1 Å². The molecule has 1 atom stereocenters. The van der Waals surface area contributed by atoms with Crippen LogP contribution in [-0.4, -0.2) is 36.3 Å². The van der Waals surface area contributed by atoms with Crippen LogP contribution in [0.25, 0.3) is 0 Å². The Kier molecular flexibility index (Phi) is 4.46. The molecule has 7 heteroatoms. The Morgan fingerprint density at radius 2 is 2.22 bits per heavy atom. The van der Waals surface area contributed by atoms with E-state index in [4.69, 9.17) is 0 Å². The first kappa shape index (κ1) is 15.0. The van der Waals surface area contributed by atoms with Crippen molar-refractivity contribution in [2.45, 2.75) is 26.1 Å². The molecular formula is C16H18N6O. The largest absolute Gasteiger partial charge is 0.348 e. The molecular weight excluding hydrogens is 292 g/mol. The Balaban J connectivity index is 1.62. The number of nitrogens with zero attached hydrogens (tertiary/aromatic N) is 5. The van der Waals surface area contributed by atoms with Gasteiger partial charge >= 0.3 is 0 Å². The topological polar surface area (TPSA) is 77.6 Å². The van der Waals surface area contributed by atoms with E-state index in [0.29, 0.717) is 18.7 Å². The van der Waals surface area contributed by atoms with Gasteiger partial charge in [0, 0.05) is 30.5 Å². The highest BCUT2D eigenvalue weighted by atomic mass is 16.1. The molecule has 0 aliphatic heterocycles. The molecule has 0 spiro atoms. The van der Waals surface area contributed by atoms with Crippen LogP contribution < -0.4 is 5.32 Å². The second kappa shape index (κ2) is 6.87. The van der Waals surface area contributed by atoms with E-state index < -0.39 is 0 Å². The van der Waals surface area contributed by atoms with E-state index in [0.717, 1.165) is 5.56 Å². The lowest BCUT2D eigenvalue weighted by Gasteiger charge is -2.14. The van der Waals surface area contributed by atoms with Crippen LogP contribution in [0.15, 0.2) is 55.6 Å². The zero-order valence-electron chi connectivity index (χ0n) is 12.8. The molecule has 3 aromatic rings. The molecule has 1 aromatic carbocycles. The second-order valence-electron chi connectivity index (χ2n) is 5.43. The summed E-state index contributed by atoms with van der Waals surface area (Å²) in [5.41, 5.74) is 1.70. The maximum Gasteiger partial charge on any atom is 0.251 e. The van der Waals surface area contributed by atoms with Crippen molar-refractivity contribution in [2.75, 3.05) is 0 Å². The number of benzene rings is 1. The van der Waals surface area contributed by atoms with E-state index in [1.165, 1.54) is 6.33 Å². The van der Waals surface area contributed by atoms with Crippen LogP contribution in [0, 0.1) is 0 Å². The van der Waals surface area contributed by atoms with Crippen LogP contribution in [0.1, 0.15) is 22.8 Å². The van der Waals surface area contributed by atoms with E-state index >= 15 is 0 Å². The molecule has 0 radical (unpaired) electrons. The molecule has 0 saturated heterocycles. The summed E-state index contributed by atoms with van der Waals surface area (Å²) < 4.78 is 3.66. The second-order valence-corrected chi connectivity index (χ2v) is 5.43. The number of imidazole rings is 1. The Bertz CT molecular complexity index is 751. The minimum absolute atomic E-state index is 0.0403. The fourth-order valence-corrected chi connectivity index (χ4v) is 2.36. The normalized spacial score (nSPS) is 12.0. The first-order valence-corrected chi connectivity index (χ1v) is 7.38. The molecule has 2 aromatic heterocycles. The van der Waals surface area contributed by atoms with Crippen LogP contribution >= 0.6 is 0 Å². The van der Waals surface area contributed by atoms with E-state index in [9.17, 15) is 4.79 Å². The van der Waals surface area contributed by atoms with Crippen molar-refractivity contribution in [1.29, 1.82) is 0 Å². The number of carbonyl (C=O) groups is 1. The van der Waals surface area contributed by atoms with Gasteiger partial charge < -0.3 is 9.88 Å². The molecule has 1 amide bonds. The van der Waals surface area contributed by atoms with Gasteiger partial charge in [-0.15, -0.1) is 0 Å². The van der Waals surface area contributed by atoms with Gasteiger partial charge in [0.2, 0.25) is 0 Å². The summed E-state index contributed by atoms with van der Waals surface area (Å²) in [6.45, 7) is 3.21. The highest BCUT2D eigenvalue weighted by Gasteiger charge is 2.11. The fourth-order valence-electron chi connectivity index (χ4n) is 2.36. The van der Waals surface area contributed by atoms with E-state index in [2.05, 4.69) is 20.4 Å². The van der Waals surface area contributed by atoms with E-state index in [1.807, 2.05) is 42.0 Å². The predicted molar refractivity (Wildman–Crippen MR) is 84.7 cm³/mol. The molecule has 7 nitrogen and oxygen atoms in total. The third kappa shape index (κ3) is 4.03. The van der Waals surface area contributed by atoms with Crippen molar-refractivity contribution in [3.05, 3.63) is 66.8 Å². The van der Waals surface area contributed by atoms with Crippen LogP contribution in [0.2, 0.25) is 0 Å². The molecule has 0 fully saturated rings. The lowest BCUT2D eigenvalue weighted by molar-refractivity contribution is 0.0936. The minimum Gasteiger partial charge on any atom is -0.348 e. The van der Waals surface area contributed by atoms with E-state index in [1.54, 1.807) is 23.5 Å².